The van der Waals surface area contributed by atoms with Crippen LogP contribution in [0.25, 0.3) is 0 Å². The molecule has 0 radical (unpaired) electrons. The number of carbonyl (C=O) groups is 2. The second-order valence-corrected chi connectivity index (χ2v) is 6.75. The lowest BCUT2D eigenvalue weighted by Gasteiger charge is -2.31. The Kier molecular flexibility index (Phi) is 5.43. The van der Waals surface area contributed by atoms with Crippen molar-refractivity contribution in [2.45, 2.75) is 18.9 Å². The molecule has 0 atom stereocenters. The number of nitrogens with one attached hydrogen (secondary N) is 2. The van der Waals surface area contributed by atoms with Crippen LogP contribution in [-0.2, 0) is 4.79 Å². The Bertz CT molecular complexity index is 1120. The summed E-state index contributed by atoms with van der Waals surface area (Å²) in [6.07, 6.45) is 2.01. The van der Waals surface area contributed by atoms with Gasteiger partial charge in [-0.15, -0.1) is 5.10 Å². The van der Waals surface area contributed by atoms with E-state index >= 15 is 0 Å². The summed E-state index contributed by atoms with van der Waals surface area (Å²) in [6, 6.07) is 6.00. The number of anilines is 3. The lowest BCUT2D eigenvalue weighted by atomic mass is 9.82. The number of aromatic nitrogens is 3. The molecule has 1 aromatic carbocycles. The quantitative estimate of drug-likeness (QED) is 0.515. The van der Waals surface area contributed by atoms with E-state index in [1.807, 2.05) is 0 Å². The number of ether oxygens (including phenoxy) is 1. The number of carbonyl (C=O) groups excluding carboxylic acids is 1. The highest BCUT2D eigenvalue weighted by atomic mass is 19.2. The summed E-state index contributed by atoms with van der Waals surface area (Å²) in [6.45, 7) is 0. The minimum atomic E-state index is -1.05. The first-order valence-corrected chi connectivity index (χ1v) is 9.10. The number of rotatable bonds is 7. The number of carboxylic acid groups (broad SMARTS) is 1. The summed E-state index contributed by atoms with van der Waals surface area (Å²) in [5, 5.41) is 21.2. The molecule has 31 heavy (non-hydrogen) atoms. The third-order valence-corrected chi connectivity index (χ3v) is 4.52. The fourth-order valence-electron chi connectivity index (χ4n) is 2.81. The smallest absolute Gasteiger partial charge is 0.320 e. The first-order valence-electron chi connectivity index (χ1n) is 9.10. The average molecular weight is 431 g/mol. The van der Waals surface area contributed by atoms with Crippen molar-refractivity contribution in [3.8, 4) is 5.88 Å². The standard InChI is InChI=1S/C19H15F2N5O5/c20-13-3-1-10(7-14(13)21)24-19-26-25-17(31-19)16(27)23-11-2-4-15(22-8-11)30-12-5-9(6-12)18(28)29/h1-4,7-9,12H,5-6H2,(H,23,27)(H,24,26)(H,28,29). The number of pyridine rings is 1. The van der Waals surface area contributed by atoms with Crippen molar-refractivity contribution in [2.75, 3.05) is 10.6 Å². The van der Waals surface area contributed by atoms with Gasteiger partial charge in [0.15, 0.2) is 11.6 Å². The van der Waals surface area contributed by atoms with Crippen molar-refractivity contribution in [3.05, 3.63) is 54.1 Å². The SMILES string of the molecule is O=C(Nc1ccc(OC2CC(C(=O)O)C2)nc1)c1nnc(Nc2ccc(F)c(F)c2)o1. The number of halogens is 2. The zero-order valence-electron chi connectivity index (χ0n) is 15.7. The number of hydrogen-bond acceptors (Lipinski definition) is 8. The molecule has 3 aromatic rings. The Morgan fingerprint density at radius 1 is 1.10 bits per heavy atom. The lowest BCUT2D eigenvalue weighted by molar-refractivity contribution is -0.148. The number of hydrogen-bond donors (Lipinski definition) is 3. The largest absolute Gasteiger partial charge is 0.481 e. The molecule has 0 aliphatic heterocycles. The van der Waals surface area contributed by atoms with E-state index in [1.54, 1.807) is 6.07 Å². The molecule has 4 rings (SSSR count). The molecule has 0 spiro atoms. The summed E-state index contributed by atoms with van der Waals surface area (Å²) in [5.41, 5.74) is 0.498. The van der Waals surface area contributed by atoms with Crippen LogP contribution >= 0.6 is 0 Å². The molecule has 12 heteroatoms. The van der Waals surface area contributed by atoms with Crippen molar-refractivity contribution in [3.63, 3.8) is 0 Å². The molecule has 0 bridgehead atoms. The van der Waals surface area contributed by atoms with E-state index in [0.717, 1.165) is 12.1 Å². The molecule has 2 heterocycles. The normalized spacial score (nSPS) is 17.5. The number of amides is 1. The van der Waals surface area contributed by atoms with Gasteiger partial charge in [-0.2, -0.15) is 0 Å². The fraction of sp³-hybridized carbons (Fsp3) is 0.211. The molecule has 10 nitrogen and oxygen atoms in total. The van der Waals surface area contributed by atoms with Crippen LogP contribution in [0.15, 0.2) is 40.9 Å². The minimum Gasteiger partial charge on any atom is -0.481 e. The van der Waals surface area contributed by atoms with Gasteiger partial charge in [0.05, 0.1) is 17.8 Å². The highest BCUT2D eigenvalue weighted by Crippen LogP contribution is 2.31. The predicted molar refractivity (Wildman–Crippen MR) is 101 cm³/mol. The summed E-state index contributed by atoms with van der Waals surface area (Å²) in [7, 11) is 0. The molecule has 2 aromatic heterocycles. The van der Waals surface area contributed by atoms with Gasteiger partial charge in [0.25, 0.3) is 0 Å². The Balaban J connectivity index is 1.31. The molecule has 1 amide bonds. The van der Waals surface area contributed by atoms with E-state index in [0.29, 0.717) is 24.4 Å². The summed E-state index contributed by atoms with van der Waals surface area (Å²) >= 11 is 0. The molecule has 1 aliphatic rings. The Morgan fingerprint density at radius 2 is 1.87 bits per heavy atom. The van der Waals surface area contributed by atoms with Crippen LogP contribution in [0.1, 0.15) is 23.5 Å². The Labute approximate surface area is 173 Å². The van der Waals surface area contributed by atoms with E-state index < -0.39 is 23.5 Å². The third kappa shape index (κ3) is 4.74. The molecule has 3 N–H and O–H groups in total. The fourth-order valence-corrected chi connectivity index (χ4v) is 2.81. The van der Waals surface area contributed by atoms with Crippen molar-refractivity contribution in [1.29, 1.82) is 0 Å². The summed E-state index contributed by atoms with van der Waals surface area (Å²) in [5.74, 6) is -4.04. The van der Waals surface area contributed by atoms with Crippen LogP contribution in [0.5, 0.6) is 5.88 Å². The van der Waals surface area contributed by atoms with Gasteiger partial charge in [0, 0.05) is 17.8 Å². The minimum absolute atomic E-state index is 0.162. The first-order chi connectivity index (χ1) is 14.9. The van der Waals surface area contributed by atoms with Crippen molar-refractivity contribution >= 4 is 29.3 Å². The third-order valence-electron chi connectivity index (χ3n) is 4.52. The molecule has 160 valence electrons. The lowest BCUT2D eigenvalue weighted by Crippen LogP contribution is -2.38. The second kappa shape index (κ2) is 8.34. The molecule has 1 fully saturated rings. The number of carboxylic acids is 1. The van der Waals surface area contributed by atoms with E-state index in [-0.39, 0.29) is 29.6 Å². The zero-order valence-corrected chi connectivity index (χ0v) is 15.7. The van der Waals surface area contributed by atoms with Gasteiger partial charge in [-0.1, -0.05) is 5.10 Å². The molecular weight excluding hydrogens is 416 g/mol. The second-order valence-electron chi connectivity index (χ2n) is 6.75. The maximum Gasteiger partial charge on any atom is 0.320 e. The maximum absolute atomic E-state index is 13.2. The molecule has 0 unspecified atom stereocenters. The van der Waals surface area contributed by atoms with Crippen molar-refractivity contribution in [1.82, 2.24) is 15.2 Å². The first kappa shape index (κ1) is 20.2. The van der Waals surface area contributed by atoms with Crippen LogP contribution in [-0.4, -0.2) is 38.3 Å². The number of benzene rings is 1. The van der Waals surface area contributed by atoms with E-state index in [4.69, 9.17) is 14.3 Å². The molecule has 1 saturated carbocycles. The van der Waals surface area contributed by atoms with E-state index in [1.165, 1.54) is 18.3 Å². The van der Waals surface area contributed by atoms with Crippen LogP contribution in [0.3, 0.4) is 0 Å². The zero-order chi connectivity index (χ0) is 22.0. The van der Waals surface area contributed by atoms with E-state index in [9.17, 15) is 18.4 Å². The van der Waals surface area contributed by atoms with Gasteiger partial charge in [0.2, 0.25) is 5.88 Å². The van der Waals surface area contributed by atoms with Crippen LogP contribution in [0.4, 0.5) is 26.2 Å². The van der Waals surface area contributed by atoms with Gasteiger partial charge in [-0.3, -0.25) is 9.59 Å². The van der Waals surface area contributed by atoms with Crippen LogP contribution in [0, 0.1) is 17.6 Å². The van der Waals surface area contributed by atoms with E-state index in [2.05, 4.69) is 25.8 Å². The summed E-state index contributed by atoms with van der Waals surface area (Å²) < 4.78 is 36.9. The van der Waals surface area contributed by atoms with Crippen LogP contribution in [0.2, 0.25) is 0 Å². The highest BCUT2D eigenvalue weighted by molar-refractivity contribution is 6.00. The monoisotopic (exact) mass is 431 g/mol. The number of aliphatic carboxylic acids is 1. The molecule has 0 saturated heterocycles. The average Bonchev–Trinajstić information content (AvgIpc) is 3.17. The topological polar surface area (TPSA) is 139 Å². The maximum atomic E-state index is 13.2. The Hall–Kier alpha value is -4.09. The van der Waals surface area contributed by atoms with Crippen molar-refractivity contribution < 1.29 is 32.6 Å². The molecule has 1 aliphatic carbocycles. The van der Waals surface area contributed by atoms with Crippen LogP contribution < -0.4 is 15.4 Å². The molecular formula is C19H15F2N5O5. The Morgan fingerprint density at radius 3 is 2.55 bits per heavy atom. The highest BCUT2D eigenvalue weighted by Gasteiger charge is 2.36. The van der Waals surface area contributed by atoms with Gasteiger partial charge < -0.3 is 24.9 Å². The van der Waals surface area contributed by atoms with Gasteiger partial charge in [-0.25, -0.2) is 13.8 Å². The predicted octanol–water partition coefficient (Wildman–Crippen LogP) is 2.98. The van der Waals surface area contributed by atoms with Gasteiger partial charge >= 0.3 is 23.8 Å². The summed E-state index contributed by atoms with van der Waals surface area (Å²) in [4.78, 5) is 27.1. The van der Waals surface area contributed by atoms with Gasteiger partial charge in [-0.05, 0) is 31.0 Å². The van der Waals surface area contributed by atoms with Gasteiger partial charge in [0.1, 0.15) is 6.10 Å². The van der Waals surface area contributed by atoms with Crippen molar-refractivity contribution in [2.24, 2.45) is 5.92 Å². The number of nitrogens with zero attached hydrogens (tertiary/aromatic N) is 3.